The summed E-state index contributed by atoms with van der Waals surface area (Å²) in [5.41, 5.74) is 0. The Morgan fingerprint density at radius 1 is 1.29 bits per heavy atom. The monoisotopic (exact) mass is 220 g/mol. The lowest BCUT2D eigenvalue weighted by molar-refractivity contribution is -0.122. The lowest BCUT2D eigenvalue weighted by Crippen LogP contribution is -2.31. The molecule has 0 heterocycles. The average molecular weight is 221 g/mol. The summed E-state index contributed by atoms with van der Waals surface area (Å²) < 4.78 is 0. The van der Waals surface area contributed by atoms with E-state index in [-0.39, 0.29) is 23.7 Å². The number of hydrogen-bond acceptors (Lipinski definition) is 2. The number of nitrogens with one attached hydrogen (secondary N) is 2. The zero-order valence-corrected chi connectivity index (χ0v) is 9.36. The normalized spacial score (nSPS) is 10.0. The number of amides is 2. The SMILES string of the molecule is CC(C)NC(=O)CCCNC(=O)CCl. The molecule has 0 radical (unpaired) electrons. The van der Waals surface area contributed by atoms with Crippen LogP contribution < -0.4 is 10.6 Å². The fourth-order valence-corrected chi connectivity index (χ4v) is 1.01. The fraction of sp³-hybridized carbons (Fsp3) is 0.778. The maximum absolute atomic E-state index is 11.1. The van der Waals surface area contributed by atoms with Gasteiger partial charge < -0.3 is 10.6 Å². The van der Waals surface area contributed by atoms with Crippen LogP contribution in [0.25, 0.3) is 0 Å². The van der Waals surface area contributed by atoms with Gasteiger partial charge >= 0.3 is 0 Å². The summed E-state index contributed by atoms with van der Waals surface area (Å²) in [6, 6.07) is 0.167. The second-order valence-electron chi connectivity index (χ2n) is 3.31. The summed E-state index contributed by atoms with van der Waals surface area (Å²) in [5.74, 6) is -0.214. The first kappa shape index (κ1) is 13.2. The Hall–Kier alpha value is -0.770. The molecule has 0 aliphatic heterocycles. The van der Waals surface area contributed by atoms with Gasteiger partial charge in [-0.3, -0.25) is 9.59 Å². The van der Waals surface area contributed by atoms with Crippen LogP contribution >= 0.6 is 11.6 Å². The van der Waals surface area contributed by atoms with Crippen molar-refractivity contribution in [3.63, 3.8) is 0 Å². The van der Waals surface area contributed by atoms with Crippen LogP contribution in [0.2, 0.25) is 0 Å². The van der Waals surface area contributed by atoms with Gasteiger partial charge in [-0.15, -0.1) is 11.6 Å². The molecule has 14 heavy (non-hydrogen) atoms. The van der Waals surface area contributed by atoms with Crippen molar-refractivity contribution in [2.75, 3.05) is 12.4 Å². The minimum Gasteiger partial charge on any atom is -0.355 e. The average Bonchev–Trinajstić information content (AvgIpc) is 2.10. The highest BCUT2D eigenvalue weighted by molar-refractivity contribution is 6.27. The molecule has 0 saturated heterocycles. The minimum atomic E-state index is -0.198. The molecule has 0 fully saturated rings. The van der Waals surface area contributed by atoms with E-state index in [1.807, 2.05) is 13.8 Å². The van der Waals surface area contributed by atoms with Gasteiger partial charge in [-0.2, -0.15) is 0 Å². The van der Waals surface area contributed by atoms with Crippen LogP contribution in [0.15, 0.2) is 0 Å². The number of halogens is 1. The van der Waals surface area contributed by atoms with Gasteiger partial charge in [-0.05, 0) is 20.3 Å². The van der Waals surface area contributed by atoms with Crippen molar-refractivity contribution < 1.29 is 9.59 Å². The van der Waals surface area contributed by atoms with E-state index in [1.54, 1.807) is 0 Å². The third kappa shape index (κ3) is 7.86. The summed E-state index contributed by atoms with van der Waals surface area (Å²) in [4.78, 5) is 21.8. The first-order valence-corrected chi connectivity index (χ1v) is 5.21. The van der Waals surface area contributed by atoms with E-state index in [1.165, 1.54) is 0 Å². The number of rotatable bonds is 6. The van der Waals surface area contributed by atoms with E-state index >= 15 is 0 Å². The standard InChI is InChI=1S/C9H17ClN2O2/c1-7(2)12-8(13)4-3-5-11-9(14)6-10/h7H,3-6H2,1-2H3,(H,11,14)(H,12,13). The van der Waals surface area contributed by atoms with E-state index in [0.717, 1.165) is 0 Å². The summed E-state index contributed by atoms with van der Waals surface area (Å²) >= 11 is 5.27. The quantitative estimate of drug-likeness (QED) is 0.510. The highest BCUT2D eigenvalue weighted by Crippen LogP contribution is 1.89. The summed E-state index contributed by atoms with van der Waals surface area (Å²) in [5, 5.41) is 5.36. The molecule has 0 aliphatic rings. The zero-order valence-electron chi connectivity index (χ0n) is 8.60. The van der Waals surface area contributed by atoms with Crippen molar-refractivity contribution in [1.82, 2.24) is 10.6 Å². The molecular weight excluding hydrogens is 204 g/mol. The van der Waals surface area contributed by atoms with E-state index in [0.29, 0.717) is 19.4 Å². The van der Waals surface area contributed by atoms with Gasteiger partial charge in [0.15, 0.2) is 0 Å². The van der Waals surface area contributed by atoms with Gasteiger partial charge in [0.05, 0.1) is 0 Å². The second kappa shape index (κ2) is 7.62. The molecule has 0 rings (SSSR count). The van der Waals surface area contributed by atoms with Crippen LogP contribution in [0.5, 0.6) is 0 Å². The van der Waals surface area contributed by atoms with Gasteiger partial charge in [0.1, 0.15) is 5.88 Å². The van der Waals surface area contributed by atoms with Crippen molar-refractivity contribution in [2.24, 2.45) is 0 Å². The van der Waals surface area contributed by atoms with Crippen LogP contribution in [0.1, 0.15) is 26.7 Å². The zero-order chi connectivity index (χ0) is 11.0. The van der Waals surface area contributed by atoms with Crippen molar-refractivity contribution in [1.29, 1.82) is 0 Å². The molecule has 0 saturated carbocycles. The van der Waals surface area contributed by atoms with Gasteiger partial charge in [-0.1, -0.05) is 0 Å². The van der Waals surface area contributed by atoms with Gasteiger partial charge in [0.2, 0.25) is 11.8 Å². The van der Waals surface area contributed by atoms with Crippen LogP contribution in [0.4, 0.5) is 0 Å². The molecule has 2 amide bonds. The van der Waals surface area contributed by atoms with Crippen molar-refractivity contribution in [3.05, 3.63) is 0 Å². The molecular formula is C9H17ClN2O2. The third-order valence-corrected chi connectivity index (χ3v) is 1.72. The minimum absolute atomic E-state index is 0.0140. The van der Waals surface area contributed by atoms with Crippen LogP contribution in [0, 0.1) is 0 Å². The molecule has 0 aliphatic carbocycles. The fourth-order valence-electron chi connectivity index (χ4n) is 0.918. The Bertz CT molecular complexity index is 195. The predicted octanol–water partition coefficient (Wildman–Crippen LogP) is 0.646. The van der Waals surface area contributed by atoms with E-state index in [2.05, 4.69) is 10.6 Å². The molecule has 2 N–H and O–H groups in total. The molecule has 0 atom stereocenters. The first-order chi connectivity index (χ1) is 6.56. The maximum Gasteiger partial charge on any atom is 0.234 e. The summed E-state index contributed by atoms with van der Waals surface area (Å²) in [7, 11) is 0. The van der Waals surface area contributed by atoms with Crippen molar-refractivity contribution in [3.8, 4) is 0 Å². The number of carbonyl (C=O) groups excluding carboxylic acids is 2. The number of alkyl halides is 1. The predicted molar refractivity (Wildman–Crippen MR) is 56.2 cm³/mol. The Kier molecular flexibility index (Phi) is 7.20. The lowest BCUT2D eigenvalue weighted by Gasteiger charge is -2.08. The Morgan fingerprint density at radius 2 is 1.93 bits per heavy atom. The largest absolute Gasteiger partial charge is 0.355 e. The van der Waals surface area contributed by atoms with Crippen molar-refractivity contribution >= 4 is 23.4 Å². The first-order valence-electron chi connectivity index (χ1n) is 4.68. The number of hydrogen-bond donors (Lipinski definition) is 2. The van der Waals surface area contributed by atoms with Crippen LogP contribution in [-0.2, 0) is 9.59 Å². The highest BCUT2D eigenvalue weighted by atomic mass is 35.5. The Labute approximate surface area is 89.4 Å². The summed E-state index contributed by atoms with van der Waals surface area (Å²) in [6.45, 7) is 4.32. The molecule has 0 aromatic heterocycles. The highest BCUT2D eigenvalue weighted by Gasteiger charge is 2.03. The smallest absolute Gasteiger partial charge is 0.234 e. The number of carbonyl (C=O) groups is 2. The molecule has 0 unspecified atom stereocenters. The molecule has 0 aromatic carbocycles. The van der Waals surface area contributed by atoms with Crippen molar-refractivity contribution in [2.45, 2.75) is 32.7 Å². The molecule has 82 valence electrons. The second-order valence-corrected chi connectivity index (χ2v) is 3.58. The molecule has 0 spiro atoms. The Balaban J connectivity index is 3.36. The van der Waals surface area contributed by atoms with Gasteiger partial charge in [-0.25, -0.2) is 0 Å². The molecule has 0 bridgehead atoms. The summed E-state index contributed by atoms with van der Waals surface area (Å²) in [6.07, 6.45) is 1.07. The van der Waals surface area contributed by atoms with Crippen LogP contribution in [0.3, 0.4) is 0 Å². The van der Waals surface area contributed by atoms with E-state index < -0.39 is 0 Å². The lowest BCUT2D eigenvalue weighted by atomic mass is 10.2. The third-order valence-electron chi connectivity index (χ3n) is 1.47. The molecule has 0 aromatic rings. The topological polar surface area (TPSA) is 58.2 Å². The maximum atomic E-state index is 11.1. The molecule has 4 nitrogen and oxygen atoms in total. The molecule has 5 heteroatoms. The van der Waals surface area contributed by atoms with E-state index in [9.17, 15) is 9.59 Å². The van der Waals surface area contributed by atoms with Crippen LogP contribution in [-0.4, -0.2) is 30.3 Å². The van der Waals surface area contributed by atoms with E-state index in [4.69, 9.17) is 11.6 Å². The Morgan fingerprint density at radius 3 is 2.43 bits per heavy atom. The van der Waals surface area contributed by atoms with Gasteiger partial charge in [0.25, 0.3) is 0 Å². The van der Waals surface area contributed by atoms with Gasteiger partial charge in [0, 0.05) is 19.0 Å².